The Morgan fingerprint density at radius 1 is 1.16 bits per heavy atom. The lowest BCUT2D eigenvalue weighted by atomic mass is 10.1. The Morgan fingerprint density at radius 2 is 1.92 bits per heavy atom. The lowest BCUT2D eigenvalue weighted by Gasteiger charge is -2.31. The zero-order valence-electron chi connectivity index (χ0n) is 14.0. The van der Waals surface area contributed by atoms with Crippen LogP contribution < -0.4 is 0 Å². The minimum absolute atomic E-state index is 0.0922. The topological polar surface area (TPSA) is 83.5 Å². The predicted octanol–water partition coefficient (Wildman–Crippen LogP) is 1.21. The summed E-state index contributed by atoms with van der Waals surface area (Å²) in [5.41, 5.74) is 0.837. The molecule has 3 saturated heterocycles. The number of carbonyl (C=O) groups excluding carboxylic acids is 1. The number of fused-ring (bicyclic) bond motifs is 1. The van der Waals surface area contributed by atoms with E-state index in [0.717, 1.165) is 5.56 Å². The number of benzene rings is 1. The number of hydrogen-bond acceptors (Lipinski definition) is 7. The van der Waals surface area contributed by atoms with Gasteiger partial charge in [0, 0.05) is 0 Å². The van der Waals surface area contributed by atoms with Crippen molar-refractivity contribution in [2.75, 3.05) is 6.61 Å². The lowest BCUT2D eigenvalue weighted by molar-refractivity contribution is -0.234. The van der Waals surface area contributed by atoms with Crippen molar-refractivity contribution in [2.45, 2.75) is 50.3 Å². The number of aliphatic hydroxyl groups is 1. The molecule has 0 amide bonds. The van der Waals surface area contributed by atoms with Crippen molar-refractivity contribution in [3.8, 4) is 0 Å². The molecule has 0 spiro atoms. The quantitative estimate of drug-likeness (QED) is 0.635. The van der Waals surface area contributed by atoms with Crippen molar-refractivity contribution in [2.24, 2.45) is 0 Å². The lowest BCUT2D eigenvalue weighted by Crippen LogP contribution is -2.47. The number of esters is 1. The molecule has 1 N–H and O–H groups in total. The highest BCUT2D eigenvalue weighted by Gasteiger charge is 2.57. The normalized spacial score (nSPS) is 38.3. The number of cyclic esters (lactones) is 1. The van der Waals surface area contributed by atoms with Gasteiger partial charge >= 0.3 is 5.97 Å². The molecule has 0 radical (unpaired) electrons. The SMILES string of the molecule is CC1(C)O[C@H]2O[C@H]([C@@H]3CO/C(=C\c4ccccc4)C(=O)O3)[C@H](O)[C@H]2O1. The number of carbonyl (C=O) groups is 1. The first kappa shape index (κ1) is 16.5. The highest BCUT2D eigenvalue weighted by atomic mass is 16.8. The van der Waals surface area contributed by atoms with E-state index in [0.29, 0.717) is 0 Å². The summed E-state index contributed by atoms with van der Waals surface area (Å²) in [4.78, 5) is 12.2. The van der Waals surface area contributed by atoms with Crippen LogP contribution in [0.25, 0.3) is 6.08 Å². The monoisotopic (exact) mass is 348 g/mol. The van der Waals surface area contributed by atoms with Gasteiger partial charge in [-0.05, 0) is 25.5 Å². The smallest absolute Gasteiger partial charge is 0.374 e. The Kier molecular flexibility index (Phi) is 4.04. The molecule has 1 aromatic rings. The van der Waals surface area contributed by atoms with Gasteiger partial charge in [-0.3, -0.25) is 0 Å². The van der Waals surface area contributed by atoms with E-state index < -0.39 is 42.5 Å². The molecule has 5 atom stereocenters. The number of ether oxygens (including phenoxy) is 5. The summed E-state index contributed by atoms with van der Waals surface area (Å²) < 4.78 is 27.9. The zero-order valence-corrected chi connectivity index (χ0v) is 14.0. The van der Waals surface area contributed by atoms with Gasteiger partial charge in [0.05, 0.1) is 0 Å². The zero-order chi connectivity index (χ0) is 17.6. The fourth-order valence-electron chi connectivity index (χ4n) is 3.25. The van der Waals surface area contributed by atoms with Crippen molar-refractivity contribution in [3.05, 3.63) is 41.7 Å². The van der Waals surface area contributed by atoms with Gasteiger partial charge < -0.3 is 28.8 Å². The summed E-state index contributed by atoms with van der Waals surface area (Å²) >= 11 is 0. The molecule has 7 heteroatoms. The first-order chi connectivity index (χ1) is 11.9. The van der Waals surface area contributed by atoms with Gasteiger partial charge in [0.15, 0.2) is 18.2 Å². The Hall–Kier alpha value is -1.93. The van der Waals surface area contributed by atoms with E-state index in [1.807, 2.05) is 30.3 Å². The molecule has 0 saturated carbocycles. The maximum absolute atomic E-state index is 12.2. The molecule has 134 valence electrons. The van der Waals surface area contributed by atoms with Gasteiger partial charge in [0.2, 0.25) is 5.76 Å². The van der Waals surface area contributed by atoms with Crippen molar-refractivity contribution in [1.29, 1.82) is 0 Å². The second-order valence-electron chi connectivity index (χ2n) is 6.73. The third kappa shape index (κ3) is 3.16. The minimum Gasteiger partial charge on any atom is -0.482 e. The molecular weight excluding hydrogens is 328 g/mol. The third-order valence-electron chi connectivity index (χ3n) is 4.38. The van der Waals surface area contributed by atoms with Crippen LogP contribution >= 0.6 is 0 Å². The number of aliphatic hydroxyl groups excluding tert-OH is 1. The van der Waals surface area contributed by atoms with Crippen molar-refractivity contribution in [1.82, 2.24) is 0 Å². The first-order valence-electron chi connectivity index (χ1n) is 8.23. The minimum atomic E-state index is -0.965. The highest BCUT2D eigenvalue weighted by molar-refractivity contribution is 5.92. The van der Waals surface area contributed by atoms with E-state index in [1.54, 1.807) is 19.9 Å². The van der Waals surface area contributed by atoms with Crippen LogP contribution in [0, 0.1) is 0 Å². The fraction of sp³-hybridized carbons (Fsp3) is 0.500. The summed E-state index contributed by atoms with van der Waals surface area (Å²) in [6.45, 7) is 3.59. The van der Waals surface area contributed by atoms with Crippen LogP contribution in [0.3, 0.4) is 0 Å². The van der Waals surface area contributed by atoms with Crippen molar-refractivity contribution in [3.63, 3.8) is 0 Å². The molecule has 4 rings (SSSR count). The Balaban J connectivity index is 1.42. The summed E-state index contributed by atoms with van der Waals surface area (Å²) in [5.74, 6) is -1.27. The predicted molar refractivity (Wildman–Crippen MR) is 85.0 cm³/mol. The molecule has 0 bridgehead atoms. The van der Waals surface area contributed by atoms with Crippen LogP contribution in [0.2, 0.25) is 0 Å². The number of rotatable bonds is 2. The van der Waals surface area contributed by atoms with Crippen molar-refractivity contribution < 1.29 is 33.6 Å². The van der Waals surface area contributed by atoms with Crippen LogP contribution in [-0.4, -0.2) is 54.2 Å². The van der Waals surface area contributed by atoms with Crippen molar-refractivity contribution >= 4 is 12.0 Å². The van der Waals surface area contributed by atoms with Gasteiger partial charge in [-0.15, -0.1) is 0 Å². The molecule has 0 aliphatic carbocycles. The van der Waals surface area contributed by atoms with Crippen LogP contribution in [-0.2, 0) is 28.5 Å². The molecule has 3 heterocycles. The standard InChI is InChI=1S/C18H20O7/c1-18(2)24-15-13(19)14(23-17(15)25-18)12-9-21-11(16(20)22-12)8-10-6-4-3-5-7-10/h3-8,12-15,17,19H,9H2,1-2H3/b11-8-/t12-,13-,14+,15+,17+/m0/s1. The van der Waals surface area contributed by atoms with E-state index >= 15 is 0 Å². The molecule has 25 heavy (non-hydrogen) atoms. The second-order valence-corrected chi connectivity index (χ2v) is 6.73. The number of hydrogen-bond donors (Lipinski definition) is 1. The third-order valence-corrected chi connectivity index (χ3v) is 4.38. The maximum atomic E-state index is 12.2. The van der Waals surface area contributed by atoms with Crippen LogP contribution in [0.1, 0.15) is 19.4 Å². The van der Waals surface area contributed by atoms with E-state index in [-0.39, 0.29) is 12.4 Å². The molecule has 7 nitrogen and oxygen atoms in total. The average molecular weight is 348 g/mol. The largest absolute Gasteiger partial charge is 0.482 e. The Labute approximate surface area is 145 Å². The van der Waals surface area contributed by atoms with Gasteiger partial charge in [0.25, 0.3) is 0 Å². The summed E-state index contributed by atoms with van der Waals surface area (Å²) in [6, 6.07) is 9.34. The van der Waals surface area contributed by atoms with Gasteiger partial charge in [-0.2, -0.15) is 0 Å². The second kappa shape index (κ2) is 6.10. The molecule has 3 aliphatic rings. The summed E-state index contributed by atoms with van der Waals surface area (Å²) in [6.07, 6.45) is -2.12. The van der Waals surface area contributed by atoms with E-state index in [4.69, 9.17) is 23.7 Å². The Morgan fingerprint density at radius 3 is 2.60 bits per heavy atom. The van der Waals surface area contributed by atoms with Crippen LogP contribution in [0.15, 0.2) is 36.1 Å². The average Bonchev–Trinajstić information content (AvgIpc) is 3.03. The summed E-state index contributed by atoms with van der Waals surface area (Å²) in [7, 11) is 0. The van der Waals surface area contributed by atoms with E-state index in [2.05, 4.69) is 0 Å². The van der Waals surface area contributed by atoms with Crippen LogP contribution in [0.4, 0.5) is 0 Å². The highest BCUT2D eigenvalue weighted by Crippen LogP contribution is 2.39. The first-order valence-corrected chi connectivity index (χ1v) is 8.23. The van der Waals surface area contributed by atoms with E-state index in [9.17, 15) is 9.90 Å². The summed E-state index contributed by atoms with van der Waals surface area (Å²) in [5, 5.41) is 10.4. The molecule has 3 aliphatic heterocycles. The molecule has 3 fully saturated rings. The molecule has 0 aromatic heterocycles. The molecular formula is C18H20O7. The van der Waals surface area contributed by atoms with Gasteiger partial charge in [0.1, 0.15) is 24.9 Å². The Bertz CT molecular complexity index is 684. The molecule has 1 aromatic carbocycles. The van der Waals surface area contributed by atoms with Gasteiger partial charge in [-0.25, -0.2) is 4.79 Å². The fourth-order valence-corrected chi connectivity index (χ4v) is 3.25. The van der Waals surface area contributed by atoms with E-state index in [1.165, 1.54) is 0 Å². The maximum Gasteiger partial charge on any atom is 0.374 e. The molecule has 0 unspecified atom stereocenters. The van der Waals surface area contributed by atoms with Gasteiger partial charge in [-0.1, -0.05) is 30.3 Å². The van der Waals surface area contributed by atoms with Crippen LogP contribution in [0.5, 0.6) is 0 Å².